The molecule has 1 aromatic rings. The van der Waals surface area contributed by atoms with E-state index >= 15 is 0 Å². The summed E-state index contributed by atoms with van der Waals surface area (Å²) in [6.07, 6.45) is 2.19. The lowest BCUT2D eigenvalue weighted by atomic mass is 10.0. The number of imide groups is 2. The molecule has 154 valence electrons. The van der Waals surface area contributed by atoms with E-state index in [1.54, 1.807) is 18.2 Å². The summed E-state index contributed by atoms with van der Waals surface area (Å²) in [5, 5.41) is 8.75. The molecule has 3 aliphatic rings. The molecule has 3 aliphatic heterocycles. The van der Waals surface area contributed by atoms with Gasteiger partial charge in [0.1, 0.15) is 6.04 Å². The molecule has 0 saturated carbocycles. The van der Waals surface area contributed by atoms with Crippen molar-refractivity contribution in [1.82, 2.24) is 15.5 Å². The van der Waals surface area contributed by atoms with Crippen LogP contribution in [0.1, 0.15) is 46.4 Å². The number of hydrogen-bond donors (Lipinski definition) is 3. The first kappa shape index (κ1) is 19.5. The third-order valence-electron chi connectivity index (χ3n) is 5.49. The van der Waals surface area contributed by atoms with E-state index in [9.17, 15) is 19.2 Å². The summed E-state index contributed by atoms with van der Waals surface area (Å²) >= 11 is 0. The molecule has 3 N–H and O–H groups in total. The molecule has 1 aromatic carbocycles. The van der Waals surface area contributed by atoms with Crippen LogP contribution in [0.2, 0.25) is 0 Å². The Morgan fingerprint density at radius 1 is 1.17 bits per heavy atom. The molecule has 3 heterocycles. The molecule has 2 saturated heterocycles. The van der Waals surface area contributed by atoms with Crippen LogP contribution in [0.15, 0.2) is 18.2 Å². The number of carbonyl (C=O) groups excluding carboxylic acids is 4. The van der Waals surface area contributed by atoms with Crippen LogP contribution in [0.5, 0.6) is 0 Å². The Bertz CT molecular complexity index is 849. The Morgan fingerprint density at radius 3 is 2.79 bits per heavy atom. The smallest absolute Gasteiger partial charge is 0.264 e. The van der Waals surface area contributed by atoms with E-state index in [1.165, 1.54) is 0 Å². The van der Waals surface area contributed by atoms with Crippen LogP contribution < -0.4 is 16.0 Å². The minimum atomic E-state index is -0.955. The normalized spacial score (nSPS) is 24.5. The average molecular weight is 400 g/mol. The number of piperidine rings is 1. The zero-order valence-electron chi connectivity index (χ0n) is 16.0. The Balaban J connectivity index is 1.43. The molecule has 0 aromatic heterocycles. The largest absolute Gasteiger partial charge is 0.384 e. The summed E-state index contributed by atoms with van der Waals surface area (Å²) in [6.45, 7) is 3.08. The molecule has 4 rings (SSSR count). The number of carbonyl (C=O) groups is 4. The highest BCUT2D eigenvalue weighted by Gasteiger charge is 2.45. The van der Waals surface area contributed by atoms with Crippen molar-refractivity contribution >= 4 is 29.3 Å². The van der Waals surface area contributed by atoms with E-state index in [-0.39, 0.29) is 36.0 Å². The molecule has 29 heavy (non-hydrogen) atoms. The third-order valence-corrected chi connectivity index (χ3v) is 5.49. The van der Waals surface area contributed by atoms with Crippen LogP contribution in [0.25, 0.3) is 0 Å². The number of amides is 4. The number of rotatable bonds is 6. The molecule has 2 atom stereocenters. The molecule has 0 bridgehead atoms. The van der Waals surface area contributed by atoms with E-state index in [2.05, 4.69) is 16.0 Å². The van der Waals surface area contributed by atoms with Crippen LogP contribution >= 0.6 is 0 Å². The van der Waals surface area contributed by atoms with Crippen LogP contribution in [0.3, 0.4) is 0 Å². The summed E-state index contributed by atoms with van der Waals surface area (Å²) in [5.41, 5.74) is 1.15. The van der Waals surface area contributed by atoms with Crippen molar-refractivity contribution in [1.29, 1.82) is 0 Å². The first-order valence-corrected chi connectivity index (χ1v) is 9.97. The topological polar surface area (TPSA) is 117 Å². The molecular formula is C20H24N4O5. The molecule has 0 spiro atoms. The van der Waals surface area contributed by atoms with Crippen LogP contribution in [0, 0.1) is 0 Å². The molecular weight excluding hydrogens is 376 g/mol. The van der Waals surface area contributed by atoms with Crippen molar-refractivity contribution in [2.24, 2.45) is 0 Å². The fraction of sp³-hybridized carbons (Fsp3) is 0.500. The van der Waals surface area contributed by atoms with Crippen LogP contribution in [-0.2, 0) is 14.3 Å². The van der Waals surface area contributed by atoms with Crippen LogP contribution in [0.4, 0.5) is 5.69 Å². The van der Waals surface area contributed by atoms with Crippen molar-refractivity contribution in [2.45, 2.75) is 37.8 Å². The summed E-state index contributed by atoms with van der Waals surface area (Å²) in [6, 6.07) is 4.11. The van der Waals surface area contributed by atoms with E-state index in [1.807, 2.05) is 0 Å². The standard InChI is InChI=1S/C20H24N4O5/c25-16-7-6-15(18(26)23-16)24-19(27)13-4-1-5-14(17(13)20(24)28)22-8-2-3-12-11-21-9-10-29-12/h1,4-5,12,15,21-22H,2-3,6-11H2,(H,23,25,26)/t12-,15?/m0/s1. The minimum Gasteiger partial charge on any atom is -0.384 e. The first-order valence-electron chi connectivity index (χ1n) is 9.97. The van der Waals surface area contributed by atoms with Crippen molar-refractivity contribution in [2.75, 3.05) is 31.6 Å². The number of nitrogens with zero attached hydrogens (tertiary/aromatic N) is 1. The van der Waals surface area contributed by atoms with E-state index in [0.29, 0.717) is 12.2 Å². The molecule has 0 aliphatic carbocycles. The van der Waals surface area contributed by atoms with Gasteiger partial charge in [0, 0.05) is 31.7 Å². The van der Waals surface area contributed by atoms with E-state index in [4.69, 9.17) is 4.74 Å². The predicted octanol–water partition coefficient (Wildman–Crippen LogP) is 0.268. The summed E-state index contributed by atoms with van der Waals surface area (Å²) in [7, 11) is 0. The van der Waals surface area contributed by atoms with Gasteiger partial charge in [0.05, 0.1) is 23.8 Å². The van der Waals surface area contributed by atoms with Gasteiger partial charge in [0.2, 0.25) is 11.8 Å². The highest BCUT2D eigenvalue weighted by Crippen LogP contribution is 2.32. The maximum atomic E-state index is 13.0. The SMILES string of the molecule is O=C1CCC(N2C(=O)c3cccc(NCCC[C@H]4CNCCO4)c3C2=O)C(=O)N1. The second-order valence-corrected chi connectivity index (χ2v) is 7.44. The summed E-state index contributed by atoms with van der Waals surface area (Å²) in [5.74, 6) is -1.99. The Hall–Kier alpha value is -2.78. The van der Waals surface area contributed by atoms with Crippen molar-refractivity contribution in [3.8, 4) is 0 Å². The van der Waals surface area contributed by atoms with Gasteiger partial charge in [-0.05, 0) is 31.4 Å². The average Bonchev–Trinajstić information content (AvgIpc) is 2.98. The van der Waals surface area contributed by atoms with Gasteiger partial charge in [0.25, 0.3) is 11.8 Å². The van der Waals surface area contributed by atoms with Crippen molar-refractivity contribution in [3.05, 3.63) is 29.3 Å². The molecule has 2 fully saturated rings. The molecule has 4 amide bonds. The van der Waals surface area contributed by atoms with Gasteiger partial charge < -0.3 is 15.4 Å². The summed E-state index contributed by atoms with van der Waals surface area (Å²) < 4.78 is 5.68. The van der Waals surface area contributed by atoms with Gasteiger partial charge in [-0.25, -0.2) is 0 Å². The van der Waals surface area contributed by atoms with E-state index in [0.717, 1.165) is 37.4 Å². The number of morpholine rings is 1. The number of ether oxygens (including phenoxy) is 1. The monoisotopic (exact) mass is 400 g/mol. The Morgan fingerprint density at radius 2 is 2.03 bits per heavy atom. The third kappa shape index (κ3) is 3.88. The zero-order valence-corrected chi connectivity index (χ0v) is 16.0. The highest BCUT2D eigenvalue weighted by molar-refractivity contribution is 6.25. The Labute approximate surface area is 168 Å². The molecule has 1 unspecified atom stereocenters. The predicted molar refractivity (Wildman–Crippen MR) is 103 cm³/mol. The quantitative estimate of drug-likeness (QED) is 0.463. The number of anilines is 1. The van der Waals surface area contributed by atoms with Gasteiger partial charge in [0.15, 0.2) is 0 Å². The van der Waals surface area contributed by atoms with Gasteiger partial charge in [-0.2, -0.15) is 0 Å². The van der Waals surface area contributed by atoms with Gasteiger partial charge >= 0.3 is 0 Å². The number of nitrogens with one attached hydrogen (secondary N) is 3. The number of benzene rings is 1. The second kappa shape index (κ2) is 8.30. The second-order valence-electron chi connectivity index (χ2n) is 7.44. The lowest BCUT2D eigenvalue weighted by Crippen LogP contribution is -2.54. The fourth-order valence-electron chi connectivity index (χ4n) is 4.02. The van der Waals surface area contributed by atoms with Crippen LogP contribution in [-0.4, -0.2) is 66.9 Å². The van der Waals surface area contributed by atoms with Gasteiger partial charge in [-0.15, -0.1) is 0 Å². The van der Waals surface area contributed by atoms with Gasteiger partial charge in [-0.3, -0.25) is 29.4 Å². The first-order chi connectivity index (χ1) is 14.1. The maximum absolute atomic E-state index is 13.0. The highest BCUT2D eigenvalue weighted by atomic mass is 16.5. The van der Waals surface area contributed by atoms with E-state index < -0.39 is 23.8 Å². The lowest BCUT2D eigenvalue weighted by Gasteiger charge is -2.27. The molecule has 9 nitrogen and oxygen atoms in total. The fourth-order valence-corrected chi connectivity index (χ4v) is 4.02. The Kier molecular flexibility index (Phi) is 5.59. The summed E-state index contributed by atoms with van der Waals surface area (Å²) in [4.78, 5) is 50.4. The zero-order chi connectivity index (χ0) is 20.4. The number of hydrogen-bond acceptors (Lipinski definition) is 7. The lowest BCUT2D eigenvalue weighted by molar-refractivity contribution is -0.136. The maximum Gasteiger partial charge on any atom is 0.264 e. The van der Waals surface area contributed by atoms with Crippen molar-refractivity contribution < 1.29 is 23.9 Å². The van der Waals surface area contributed by atoms with Crippen molar-refractivity contribution in [3.63, 3.8) is 0 Å². The molecule has 0 radical (unpaired) electrons. The number of fused-ring (bicyclic) bond motifs is 1. The minimum absolute atomic E-state index is 0.104. The molecule has 9 heteroatoms. The van der Waals surface area contributed by atoms with Gasteiger partial charge in [-0.1, -0.05) is 6.07 Å².